The molecule has 1 rings (SSSR count). The second kappa shape index (κ2) is 6.02. The Kier molecular flexibility index (Phi) is 5.11. The topological polar surface area (TPSA) is 160 Å². The lowest BCUT2D eigenvalue weighted by Crippen LogP contribution is -2.03. The molecule has 9 nitrogen and oxygen atoms in total. The minimum atomic E-state index is -4.88. The monoisotopic (exact) mass is 313 g/mol. The molecule has 0 heterocycles. The van der Waals surface area contributed by atoms with Crippen molar-refractivity contribution in [2.45, 2.75) is 6.42 Å². The lowest BCUT2D eigenvalue weighted by molar-refractivity contribution is 0.263. The van der Waals surface area contributed by atoms with E-state index in [4.69, 9.17) is 25.3 Å². The van der Waals surface area contributed by atoms with Crippen LogP contribution >= 0.6 is 15.6 Å². The molecule has 0 aliphatic rings. The summed E-state index contributed by atoms with van der Waals surface area (Å²) in [5, 5.41) is 0. The Morgan fingerprint density at radius 2 is 1.53 bits per heavy atom. The SMILES string of the molecule is NCCc1ccc(OP(=O)(O)O)c(OP(=O)(O)O)c1. The van der Waals surface area contributed by atoms with Crippen molar-refractivity contribution in [3.05, 3.63) is 23.8 Å². The first-order valence-corrected chi connectivity index (χ1v) is 8.00. The van der Waals surface area contributed by atoms with Crippen LogP contribution in [0.3, 0.4) is 0 Å². The highest BCUT2D eigenvalue weighted by molar-refractivity contribution is 7.47. The van der Waals surface area contributed by atoms with Gasteiger partial charge in [0.15, 0.2) is 11.5 Å². The van der Waals surface area contributed by atoms with Gasteiger partial charge in [-0.05, 0) is 30.7 Å². The fourth-order valence-electron chi connectivity index (χ4n) is 1.28. The van der Waals surface area contributed by atoms with E-state index < -0.39 is 27.1 Å². The molecule has 0 radical (unpaired) electrons. The smallest absolute Gasteiger partial charge is 0.400 e. The molecule has 0 aliphatic carbocycles. The molecule has 0 atom stereocenters. The fourth-order valence-corrected chi connectivity index (χ4v) is 2.08. The molecule has 0 bridgehead atoms. The maximum atomic E-state index is 10.8. The zero-order valence-electron chi connectivity index (χ0n) is 9.54. The van der Waals surface area contributed by atoms with Gasteiger partial charge in [0.25, 0.3) is 0 Å². The van der Waals surface area contributed by atoms with Gasteiger partial charge in [-0.25, -0.2) is 9.13 Å². The molecule has 11 heteroatoms. The zero-order valence-corrected chi connectivity index (χ0v) is 11.3. The number of nitrogens with two attached hydrogens (primary N) is 1. The van der Waals surface area contributed by atoms with Gasteiger partial charge < -0.3 is 14.8 Å². The summed E-state index contributed by atoms with van der Waals surface area (Å²) in [5.41, 5.74) is 5.90. The van der Waals surface area contributed by atoms with E-state index in [0.29, 0.717) is 12.0 Å². The highest BCUT2D eigenvalue weighted by Gasteiger charge is 2.24. The molecular weight excluding hydrogens is 300 g/mol. The van der Waals surface area contributed by atoms with Crippen LogP contribution in [-0.2, 0) is 15.6 Å². The molecule has 108 valence electrons. The highest BCUT2D eigenvalue weighted by atomic mass is 31.2. The molecule has 0 aromatic heterocycles. The fraction of sp³-hybridized carbons (Fsp3) is 0.250. The number of hydrogen-bond acceptors (Lipinski definition) is 5. The van der Waals surface area contributed by atoms with Crippen molar-refractivity contribution in [3.8, 4) is 11.5 Å². The predicted molar refractivity (Wildman–Crippen MR) is 64.5 cm³/mol. The molecule has 0 aliphatic heterocycles. The van der Waals surface area contributed by atoms with Crippen molar-refractivity contribution >= 4 is 15.6 Å². The van der Waals surface area contributed by atoms with Crippen LogP contribution in [0.5, 0.6) is 11.5 Å². The molecule has 6 N–H and O–H groups in total. The van der Waals surface area contributed by atoms with E-state index in [9.17, 15) is 9.13 Å². The van der Waals surface area contributed by atoms with Gasteiger partial charge in [-0.2, -0.15) is 0 Å². The predicted octanol–water partition coefficient (Wildman–Crippen LogP) is 0.131. The van der Waals surface area contributed by atoms with Crippen LogP contribution in [0.2, 0.25) is 0 Å². The lowest BCUT2D eigenvalue weighted by Gasteiger charge is -2.14. The van der Waals surface area contributed by atoms with E-state index in [2.05, 4.69) is 9.05 Å². The van der Waals surface area contributed by atoms with Crippen LogP contribution < -0.4 is 14.8 Å². The average molecular weight is 313 g/mol. The summed E-state index contributed by atoms with van der Waals surface area (Å²) in [6, 6.07) is 3.77. The normalized spacial score (nSPS) is 12.3. The third-order valence-electron chi connectivity index (χ3n) is 1.88. The Balaban J connectivity index is 3.14. The third-order valence-corrected chi connectivity index (χ3v) is 2.74. The van der Waals surface area contributed by atoms with Gasteiger partial charge in [-0.15, -0.1) is 0 Å². The van der Waals surface area contributed by atoms with Crippen molar-refractivity contribution in [1.82, 2.24) is 0 Å². The summed E-state index contributed by atoms with van der Waals surface area (Å²) < 4.78 is 30.1. The molecule has 0 spiro atoms. The molecular formula is C8H13NO8P2. The summed E-state index contributed by atoms with van der Waals surface area (Å²) in [6.07, 6.45) is 0.397. The van der Waals surface area contributed by atoms with Crippen LogP contribution in [0.15, 0.2) is 18.2 Å². The maximum absolute atomic E-state index is 10.8. The lowest BCUT2D eigenvalue weighted by atomic mass is 10.1. The van der Waals surface area contributed by atoms with E-state index in [1.165, 1.54) is 12.1 Å². The molecule has 0 unspecified atom stereocenters. The highest BCUT2D eigenvalue weighted by Crippen LogP contribution is 2.47. The number of benzene rings is 1. The average Bonchev–Trinajstić information content (AvgIpc) is 2.18. The molecule has 1 aromatic carbocycles. The second-order valence-electron chi connectivity index (χ2n) is 3.48. The zero-order chi connectivity index (χ0) is 14.7. The van der Waals surface area contributed by atoms with Crippen LogP contribution in [0, 0.1) is 0 Å². The Morgan fingerprint density at radius 3 is 2.00 bits per heavy atom. The van der Waals surface area contributed by atoms with Gasteiger partial charge in [0.05, 0.1) is 0 Å². The first-order chi connectivity index (χ1) is 8.61. The first kappa shape index (κ1) is 16.1. The minimum Gasteiger partial charge on any atom is -0.400 e. The van der Waals surface area contributed by atoms with Crippen LogP contribution in [-0.4, -0.2) is 26.1 Å². The molecule has 0 saturated heterocycles. The van der Waals surface area contributed by atoms with Crippen molar-refractivity contribution < 1.29 is 37.8 Å². The van der Waals surface area contributed by atoms with Crippen LogP contribution in [0.4, 0.5) is 0 Å². The third kappa shape index (κ3) is 6.17. The van der Waals surface area contributed by atoms with E-state index in [1.807, 2.05) is 0 Å². The molecule has 1 aromatic rings. The quantitative estimate of drug-likeness (QED) is 0.460. The van der Waals surface area contributed by atoms with Gasteiger partial charge in [-0.3, -0.25) is 19.6 Å². The second-order valence-corrected chi connectivity index (χ2v) is 5.81. The molecule has 19 heavy (non-hydrogen) atoms. The Hall–Kier alpha value is -0.920. The van der Waals surface area contributed by atoms with E-state index in [0.717, 1.165) is 6.07 Å². The van der Waals surface area contributed by atoms with Crippen LogP contribution in [0.25, 0.3) is 0 Å². The summed E-state index contributed by atoms with van der Waals surface area (Å²) >= 11 is 0. The van der Waals surface area contributed by atoms with Gasteiger partial charge in [0, 0.05) is 0 Å². The number of phosphoric ester groups is 2. The largest absolute Gasteiger partial charge is 0.524 e. The minimum absolute atomic E-state index is 0.286. The van der Waals surface area contributed by atoms with Crippen molar-refractivity contribution in [2.75, 3.05) is 6.54 Å². The summed E-state index contributed by atoms with van der Waals surface area (Å²) in [7, 11) is -9.75. The van der Waals surface area contributed by atoms with Crippen molar-refractivity contribution in [1.29, 1.82) is 0 Å². The Bertz CT molecular complexity index is 536. The Labute approximate surface area is 108 Å². The maximum Gasteiger partial charge on any atom is 0.524 e. The van der Waals surface area contributed by atoms with Crippen LogP contribution in [0.1, 0.15) is 5.56 Å². The Morgan fingerprint density at radius 1 is 1.00 bits per heavy atom. The summed E-state index contributed by atoms with van der Waals surface area (Å²) in [5.74, 6) is -0.944. The summed E-state index contributed by atoms with van der Waals surface area (Å²) in [4.78, 5) is 34.8. The number of phosphoric acid groups is 2. The molecule has 0 amide bonds. The number of hydrogen-bond donors (Lipinski definition) is 5. The van der Waals surface area contributed by atoms with Gasteiger partial charge in [0.1, 0.15) is 0 Å². The first-order valence-electron chi connectivity index (χ1n) is 4.94. The number of rotatable bonds is 6. The molecule has 0 saturated carbocycles. The van der Waals surface area contributed by atoms with E-state index >= 15 is 0 Å². The van der Waals surface area contributed by atoms with E-state index in [-0.39, 0.29) is 6.54 Å². The standard InChI is InChI=1S/C8H13NO8P2/c9-4-3-6-1-2-7(16-18(10,11)12)8(5-6)17-19(13,14)15/h1-2,5H,3-4,9H2,(H2,10,11,12)(H2,13,14,15). The molecule has 0 fully saturated rings. The van der Waals surface area contributed by atoms with Gasteiger partial charge >= 0.3 is 15.6 Å². The summed E-state index contributed by atoms with van der Waals surface area (Å²) in [6.45, 7) is 0.286. The van der Waals surface area contributed by atoms with Crippen molar-refractivity contribution in [3.63, 3.8) is 0 Å². The van der Waals surface area contributed by atoms with E-state index in [1.54, 1.807) is 0 Å². The van der Waals surface area contributed by atoms with Gasteiger partial charge in [0.2, 0.25) is 0 Å². The van der Waals surface area contributed by atoms with Crippen molar-refractivity contribution in [2.24, 2.45) is 5.73 Å². The van der Waals surface area contributed by atoms with Gasteiger partial charge in [-0.1, -0.05) is 6.07 Å².